The summed E-state index contributed by atoms with van der Waals surface area (Å²) in [6, 6.07) is 5.51. The first-order valence-electron chi connectivity index (χ1n) is 7.46. The van der Waals surface area contributed by atoms with Crippen LogP contribution >= 0.6 is 0 Å². The summed E-state index contributed by atoms with van der Waals surface area (Å²) in [6.07, 6.45) is 5.56. The van der Waals surface area contributed by atoms with Gasteiger partial charge in [-0.15, -0.1) is 0 Å². The van der Waals surface area contributed by atoms with Crippen molar-refractivity contribution in [1.29, 1.82) is 0 Å². The van der Waals surface area contributed by atoms with Crippen LogP contribution in [0.5, 0.6) is 0 Å². The van der Waals surface area contributed by atoms with Gasteiger partial charge in [0.1, 0.15) is 0 Å². The molecule has 0 amide bonds. The normalized spacial score (nSPS) is 13.4. The second-order valence-corrected chi connectivity index (χ2v) is 7.32. The lowest BCUT2D eigenvalue weighted by molar-refractivity contribution is 0.521. The van der Waals surface area contributed by atoms with E-state index in [4.69, 9.17) is 0 Å². The summed E-state index contributed by atoms with van der Waals surface area (Å²) in [7, 11) is -3.41. The number of unbranched alkanes of at least 4 members (excludes halogenated alkanes) is 3. The minimum atomic E-state index is -3.41. The van der Waals surface area contributed by atoms with Crippen LogP contribution in [0.25, 0.3) is 0 Å². The van der Waals surface area contributed by atoms with Gasteiger partial charge in [-0.2, -0.15) is 0 Å². The number of hydrogen-bond acceptors (Lipinski definition) is 2. The van der Waals surface area contributed by atoms with E-state index in [-0.39, 0.29) is 6.04 Å². The van der Waals surface area contributed by atoms with Crippen molar-refractivity contribution in [1.82, 2.24) is 4.72 Å². The Morgan fingerprint density at radius 2 is 1.85 bits per heavy atom. The van der Waals surface area contributed by atoms with Gasteiger partial charge in [-0.3, -0.25) is 0 Å². The summed E-state index contributed by atoms with van der Waals surface area (Å²) in [6.45, 7) is 7.85. The molecule has 0 saturated carbocycles. The largest absolute Gasteiger partial charge is 0.241 e. The first-order chi connectivity index (χ1) is 9.36. The molecule has 0 aliphatic heterocycles. The topological polar surface area (TPSA) is 46.2 Å². The molecule has 20 heavy (non-hydrogen) atoms. The zero-order valence-electron chi connectivity index (χ0n) is 13.1. The fraction of sp³-hybridized carbons (Fsp3) is 0.625. The summed E-state index contributed by atoms with van der Waals surface area (Å²) < 4.78 is 27.6. The fourth-order valence-electron chi connectivity index (χ4n) is 2.26. The number of sulfonamides is 1. The Hall–Kier alpha value is -0.870. The smallest absolute Gasteiger partial charge is 0.208 e. The Labute approximate surface area is 123 Å². The number of rotatable bonds is 8. The summed E-state index contributed by atoms with van der Waals surface area (Å²) in [5.74, 6) is 0. The highest BCUT2D eigenvalue weighted by molar-refractivity contribution is 7.89. The highest BCUT2D eigenvalue weighted by Crippen LogP contribution is 2.17. The quantitative estimate of drug-likeness (QED) is 0.739. The Balaban J connectivity index is 2.67. The Morgan fingerprint density at radius 1 is 1.15 bits per heavy atom. The van der Waals surface area contributed by atoms with E-state index < -0.39 is 10.0 Å². The van der Waals surface area contributed by atoms with E-state index in [9.17, 15) is 8.42 Å². The zero-order chi connectivity index (χ0) is 15.2. The maximum atomic E-state index is 12.4. The number of benzene rings is 1. The molecule has 0 saturated heterocycles. The average molecular weight is 297 g/mol. The van der Waals surface area contributed by atoms with Crippen LogP contribution in [0, 0.1) is 13.8 Å². The van der Waals surface area contributed by atoms with Crippen molar-refractivity contribution in [3.8, 4) is 0 Å². The molecule has 1 rings (SSSR count). The molecular formula is C16H27NO2S. The third-order valence-corrected chi connectivity index (χ3v) is 5.21. The summed E-state index contributed by atoms with van der Waals surface area (Å²) in [5.41, 5.74) is 1.76. The van der Waals surface area contributed by atoms with E-state index in [0.29, 0.717) is 4.90 Å². The maximum absolute atomic E-state index is 12.4. The third kappa shape index (κ3) is 5.25. The highest BCUT2D eigenvalue weighted by atomic mass is 32.2. The molecule has 0 heterocycles. The monoisotopic (exact) mass is 297 g/mol. The first-order valence-corrected chi connectivity index (χ1v) is 8.94. The van der Waals surface area contributed by atoms with Crippen LogP contribution in [0.2, 0.25) is 0 Å². The van der Waals surface area contributed by atoms with E-state index in [0.717, 1.165) is 24.0 Å². The van der Waals surface area contributed by atoms with Gasteiger partial charge < -0.3 is 0 Å². The number of nitrogens with one attached hydrogen (secondary N) is 1. The third-order valence-electron chi connectivity index (χ3n) is 3.48. The molecule has 1 aromatic carbocycles. The van der Waals surface area contributed by atoms with Crippen LogP contribution in [0.1, 0.15) is 57.1 Å². The van der Waals surface area contributed by atoms with Gasteiger partial charge in [0.25, 0.3) is 0 Å². The van der Waals surface area contributed by atoms with Gasteiger partial charge in [0.05, 0.1) is 4.90 Å². The van der Waals surface area contributed by atoms with Crippen molar-refractivity contribution in [2.24, 2.45) is 0 Å². The lowest BCUT2D eigenvalue weighted by Gasteiger charge is -2.15. The summed E-state index contributed by atoms with van der Waals surface area (Å²) in [4.78, 5) is 0.401. The minimum absolute atomic E-state index is 0.0169. The molecular weight excluding hydrogens is 270 g/mol. The second kappa shape index (κ2) is 7.79. The van der Waals surface area contributed by atoms with Gasteiger partial charge in [0, 0.05) is 6.04 Å². The van der Waals surface area contributed by atoms with Crippen molar-refractivity contribution >= 4 is 10.0 Å². The van der Waals surface area contributed by atoms with E-state index in [1.807, 2.05) is 32.9 Å². The molecule has 0 aliphatic carbocycles. The molecule has 0 bridgehead atoms. The average Bonchev–Trinajstić information content (AvgIpc) is 2.37. The van der Waals surface area contributed by atoms with E-state index in [1.54, 1.807) is 6.07 Å². The van der Waals surface area contributed by atoms with Gasteiger partial charge >= 0.3 is 0 Å². The molecule has 4 heteroatoms. The Bertz CT molecular complexity index is 523. The van der Waals surface area contributed by atoms with Crippen molar-refractivity contribution < 1.29 is 8.42 Å². The zero-order valence-corrected chi connectivity index (χ0v) is 13.9. The predicted octanol–water partition coefficient (Wildman–Crippen LogP) is 3.94. The van der Waals surface area contributed by atoms with Crippen molar-refractivity contribution in [3.63, 3.8) is 0 Å². The molecule has 0 aliphatic rings. The molecule has 0 fully saturated rings. The molecule has 1 atom stereocenters. The Kier molecular flexibility index (Phi) is 6.69. The van der Waals surface area contributed by atoms with Crippen LogP contribution in [0.15, 0.2) is 23.1 Å². The van der Waals surface area contributed by atoms with Gasteiger partial charge in [-0.25, -0.2) is 13.1 Å². The first kappa shape index (κ1) is 17.2. The van der Waals surface area contributed by atoms with Crippen molar-refractivity contribution in [2.75, 3.05) is 0 Å². The lowest BCUT2D eigenvalue weighted by Crippen LogP contribution is -2.33. The van der Waals surface area contributed by atoms with Gasteiger partial charge in [-0.1, -0.05) is 44.7 Å². The predicted molar refractivity (Wildman–Crippen MR) is 84.5 cm³/mol. The van der Waals surface area contributed by atoms with Crippen LogP contribution in [-0.2, 0) is 10.0 Å². The molecule has 114 valence electrons. The van der Waals surface area contributed by atoms with Crippen LogP contribution in [0.4, 0.5) is 0 Å². The van der Waals surface area contributed by atoms with Crippen LogP contribution in [0.3, 0.4) is 0 Å². The molecule has 1 unspecified atom stereocenters. The minimum Gasteiger partial charge on any atom is -0.208 e. The van der Waals surface area contributed by atoms with E-state index in [2.05, 4.69) is 11.6 Å². The van der Waals surface area contributed by atoms with Gasteiger partial charge in [0.15, 0.2) is 0 Å². The standard InChI is InChI=1S/C16H27NO2S/c1-5-6-7-8-9-15(4)17-20(18,19)16-12-13(2)10-11-14(16)3/h10-12,15,17H,5-9H2,1-4H3. The SMILES string of the molecule is CCCCCCC(C)NS(=O)(=O)c1cc(C)ccc1C. The number of hydrogen-bond donors (Lipinski definition) is 1. The lowest BCUT2D eigenvalue weighted by atomic mass is 10.1. The van der Waals surface area contributed by atoms with Crippen molar-refractivity contribution in [2.45, 2.75) is 70.7 Å². The maximum Gasteiger partial charge on any atom is 0.241 e. The van der Waals surface area contributed by atoms with Crippen LogP contribution in [-0.4, -0.2) is 14.5 Å². The highest BCUT2D eigenvalue weighted by Gasteiger charge is 2.19. The summed E-state index contributed by atoms with van der Waals surface area (Å²) in [5, 5.41) is 0. The second-order valence-electron chi connectivity index (χ2n) is 5.64. The van der Waals surface area contributed by atoms with Gasteiger partial charge in [-0.05, 0) is 44.4 Å². The molecule has 0 aromatic heterocycles. The van der Waals surface area contributed by atoms with E-state index in [1.165, 1.54) is 19.3 Å². The van der Waals surface area contributed by atoms with Gasteiger partial charge in [0.2, 0.25) is 10.0 Å². The van der Waals surface area contributed by atoms with Crippen molar-refractivity contribution in [3.05, 3.63) is 29.3 Å². The Morgan fingerprint density at radius 3 is 2.50 bits per heavy atom. The summed E-state index contributed by atoms with van der Waals surface area (Å²) >= 11 is 0. The fourth-order valence-corrected chi connectivity index (χ4v) is 3.87. The molecule has 1 N–H and O–H groups in total. The number of aryl methyl sites for hydroxylation is 2. The molecule has 0 spiro atoms. The molecule has 1 aromatic rings. The van der Waals surface area contributed by atoms with Crippen LogP contribution < -0.4 is 4.72 Å². The van der Waals surface area contributed by atoms with E-state index >= 15 is 0 Å². The molecule has 0 radical (unpaired) electrons. The molecule has 3 nitrogen and oxygen atoms in total.